The van der Waals surface area contributed by atoms with Crippen molar-refractivity contribution >= 4 is 0 Å². The van der Waals surface area contributed by atoms with Gasteiger partial charge in [0.15, 0.2) is 6.29 Å². The van der Waals surface area contributed by atoms with Crippen LogP contribution in [0.1, 0.15) is 0 Å². The number of hydrogen-bond acceptors (Lipinski definition) is 4. The fourth-order valence-corrected chi connectivity index (χ4v) is 1.85. The first-order valence-electron chi connectivity index (χ1n) is 5.35. The molecule has 0 amide bonds. The highest BCUT2D eigenvalue weighted by atomic mass is 16.7. The second-order valence-corrected chi connectivity index (χ2v) is 3.81. The lowest BCUT2D eigenvalue weighted by Gasteiger charge is -2.15. The topological polar surface area (TPSA) is 36.9 Å². The molecular weight excluding hydrogens is 208 g/mol. The Bertz CT molecular complexity index is 189. The molecule has 0 bridgehead atoms. The summed E-state index contributed by atoms with van der Waals surface area (Å²) in [5.41, 5.74) is 0. The predicted molar refractivity (Wildman–Crippen MR) is 57.7 cm³/mol. The van der Waals surface area contributed by atoms with E-state index >= 15 is 0 Å². The van der Waals surface area contributed by atoms with Crippen LogP contribution in [0.5, 0.6) is 0 Å². The highest BCUT2D eigenvalue weighted by Gasteiger charge is 2.41. The van der Waals surface area contributed by atoms with E-state index in [4.69, 9.17) is 18.9 Å². The van der Waals surface area contributed by atoms with Crippen molar-refractivity contribution in [2.45, 2.75) is 18.5 Å². The van der Waals surface area contributed by atoms with E-state index in [9.17, 15) is 0 Å². The van der Waals surface area contributed by atoms with Crippen molar-refractivity contribution in [3.63, 3.8) is 0 Å². The van der Waals surface area contributed by atoms with E-state index < -0.39 is 0 Å². The van der Waals surface area contributed by atoms with Gasteiger partial charge in [-0.25, -0.2) is 0 Å². The van der Waals surface area contributed by atoms with Crippen LogP contribution in [-0.4, -0.2) is 45.9 Å². The summed E-state index contributed by atoms with van der Waals surface area (Å²) in [6.45, 7) is 1.04. The molecule has 16 heavy (non-hydrogen) atoms. The molecule has 0 aromatic heterocycles. The van der Waals surface area contributed by atoms with Gasteiger partial charge in [-0.05, 0) is 25.7 Å². The average Bonchev–Trinajstić information content (AvgIpc) is 2.89. The first-order valence-corrected chi connectivity index (χ1v) is 5.35. The molecule has 4 nitrogen and oxygen atoms in total. The molecule has 1 aliphatic heterocycles. The van der Waals surface area contributed by atoms with Crippen LogP contribution < -0.4 is 0 Å². The van der Waals surface area contributed by atoms with Gasteiger partial charge in [-0.3, -0.25) is 0 Å². The number of rotatable bonds is 5. The van der Waals surface area contributed by atoms with Gasteiger partial charge in [0, 0.05) is 20.1 Å². The summed E-state index contributed by atoms with van der Waals surface area (Å²) in [5, 5.41) is 0. The molecule has 0 aromatic rings. The fourth-order valence-electron chi connectivity index (χ4n) is 1.85. The molecule has 89 valence electrons. The molecule has 4 heteroatoms. The minimum Gasteiger partial charge on any atom is -0.382 e. The van der Waals surface area contributed by atoms with Crippen LogP contribution in [0.25, 0.3) is 0 Å². The summed E-state index contributed by atoms with van der Waals surface area (Å²) < 4.78 is 21.8. The van der Waals surface area contributed by atoms with Crippen LogP contribution in [-0.2, 0) is 18.9 Å². The molecule has 0 N–H and O–H groups in total. The summed E-state index contributed by atoms with van der Waals surface area (Å²) >= 11 is 0. The Kier molecular flexibility index (Phi) is 4.58. The molecule has 1 aliphatic carbocycles. The Hall–Kier alpha value is -0.160. The van der Waals surface area contributed by atoms with Gasteiger partial charge in [-0.2, -0.15) is 0 Å². The van der Waals surface area contributed by atoms with E-state index in [1.165, 1.54) is 0 Å². The van der Waals surface area contributed by atoms with E-state index in [1.54, 1.807) is 14.2 Å². The maximum atomic E-state index is 5.78. The summed E-state index contributed by atoms with van der Waals surface area (Å²) in [6.07, 6.45) is 7.49. The highest BCUT2D eigenvalue weighted by Crippen LogP contribution is 2.34. The van der Waals surface area contributed by atoms with Gasteiger partial charge in [0.25, 0.3) is 0 Å². The Morgan fingerprint density at radius 1 is 1.00 bits per heavy atom. The highest BCUT2D eigenvalue weighted by molar-refractivity contribution is 5.37. The maximum Gasteiger partial charge on any atom is 0.165 e. The molecular formula is C12H17O4. The first-order chi connectivity index (χ1) is 7.85. The van der Waals surface area contributed by atoms with Gasteiger partial charge < -0.3 is 18.9 Å². The van der Waals surface area contributed by atoms with Gasteiger partial charge in [-0.15, -0.1) is 0 Å². The smallest absolute Gasteiger partial charge is 0.165 e. The summed E-state index contributed by atoms with van der Waals surface area (Å²) in [4.78, 5) is 0. The zero-order chi connectivity index (χ0) is 11.4. The zero-order valence-electron chi connectivity index (χ0n) is 9.59. The Morgan fingerprint density at radius 3 is 1.94 bits per heavy atom. The molecule has 0 aromatic carbocycles. The minimum atomic E-state index is -0.296. The fraction of sp³-hybridized carbons (Fsp3) is 0.583. The summed E-state index contributed by atoms with van der Waals surface area (Å²) in [5.74, 6) is 1.04. The minimum absolute atomic E-state index is 0.0650. The van der Waals surface area contributed by atoms with E-state index in [0.29, 0.717) is 13.2 Å². The van der Waals surface area contributed by atoms with Crippen LogP contribution in [0.3, 0.4) is 0 Å². The van der Waals surface area contributed by atoms with Crippen LogP contribution in [0.2, 0.25) is 0 Å². The average molecular weight is 225 g/mol. The molecule has 1 saturated heterocycles. The van der Waals surface area contributed by atoms with Gasteiger partial charge in [0.1, 0.15) is 12.2 Å². The Morgan fingerprint density at radius 2 is 1.50 bits per heavy atom. The van der Waals surface area contributed by atoms with E-state index in [-0.39, 0.29) is 18.5 Å². The first kappa shape index (κ1) is 12.3. The lowest BCUT2D eigenvalue weighted by molar-refractivity contribution is -0.0601. The van der Waals surface area contributed by atoms with Gasteiger partial charge in [0.2, 0.25) is 0 Å². The van der Waals surface area contributed by atoms with Crippen LogP contribution in [0.4, 0.5) is 0 Å². The van der Waals surface area contributed by atoms with Crippen molar-refractivity contribution in [3.05, 3.63) is 31.6 Å². The summed E-state index contributed by atoms with van der Waals surface area (Å²) in [7, 11) is 3.31. The molecule has 1 heterocycles. The van der Waals surface area contributed by atoms with Crippen molar-refractivity contribution in [2.24, 2.45) is 0 Å². The van der Waals surface area contributed by atoms with Crippen LogP contribution in [0.15, 0.2) is 0 Å². The van der Waals surface area contributed by atoms with Crippen molar-refractivity contribution in [3.8, 4) is 0 Å². The van der Waals surface area contributed by atoms with Crippen LogP contribution in [0, 0.1) is 31.6 Å². The maximum absolute atomic E-state index is 5.78. The zero-order valence-corrected chi connectivity index (χ0v) is 9.59. The number of methoxy groups -OCH3 is 2. The van der Waals surface area contributed by atoms with Crippen molar-refractivity contribution < 1.29 is 18.9 Å². The standard InChI is InChI=1S/C12H17O4/c1-13-7-10-11(8-14-2)16-12(15-10)9-5-3-4-6-9/h3-6,10-12H,7-8H2,1-2H3/t10-,11-/m0/s1. The van der Waals surface area contributed by atoms with E-state index in [2.05, 4.69) is 0 Å². The SMILES string of the molecule is COC[C@@H]1OC([C]2[CH][CH][CH][CH]2)O[C@H]1COC. The third-order valence-corrected chi connectivity index (χ3v) is 2.63. The number of hydrogen-bond donors (Lipinski definition) is 0. The van der Waals surface area contributed by atoms with Crippen LogP contribution >= 0.6 is 0 Å². The predicted octanol–water partition coefficient (Wildman–Crippen LogP) is 0.795. The van der Waals surface area contributed by atoms with Crippen molar-refractivity contribution in [2.75, 3.05) is 27.4 Å². The van der Waals surface area contributed by atoms with E-state index in [1.807, 2.05) is 25.7 Å². The largest absolute Gasteiger partial charge is 0.382 e. The molecule has 1 saturated carbocycles. The summed E-state index contributed by atoms with van der Waals surface area (Å²) in [6, 6.07) is 0. The molecule has 2 rings (SSSR count). The third-order valence-electron chi connectivity index (χ3n) is 2.63. The molecule has 2 aliphatic rings. The molecule has 5 radical (unpaired) electrons. The van der Waals surface area contributed by atoms with Crippen molar-refractivity contribution in [1.29, 1.82) is 0 Å². The lowest BCUT2D eigenvalue weighted by atomic mass is 10.1. The van der Waals surface area contributed by atoms with Gasteiger partial charge in [0.05, 0.1) is 13.2 Å². The molecule has 2 atom stereocenters. The Balaban J connectivity index is 1.88. The molecule has 2 fully saturated rings. The second kappa shape index (κ2) is 5.96. The quantitative estimate of drug-likeness (QED) is 0.693. The normalized spacial score (nSPS) is 32.6. The van der Waals surface area contributed by atoms with Gasteiger partial charge in [-0.1, -0.05) is 0 Å². The van der Waals surface area contributed by atoms with E-state index in [0.717, 1.165) is 5.92 Å². The third kappa shape index (κ3) is 2.74. The second-order valence-electron chi connectivity index (χ2n) is 3.81. The number of ether oxygens (including phenoxy) is 4. The lowest BCUT2D eigenvalue weighted by Crippen LogP contribution is -2.30. The van der Waals surface area contributed by atoms with Gasteiger partial charge >= 0.3 is 0 Å². The molecule has 0 unspecified atom stereocenters. The van der Waals surface area contributed by atoms with Crippen molar-refractivity contribution in [1.82, 2.24) is 0 Å². The Labute approximate surface area is 97.2 Å². The monoisotopic (exact) mass is 225 g/mol. The molecule has 0 spiro atoms.